The molecule has 4 heterocycles. The van der Waals surface area contributed by atoms with Gasteiger partial charge in [-0.05, 0) is 59.5 Å². The Bertz CT molecular complexity index is 3120. The number of rotatable bonds is 17. The monoisotopic (exact) mass is 970 g/mol. The largest absolute Gasteiger partial charge is 0.494 e. The van der Waals surface area contributed by atoms with E-state index in [0.29, 0.717) is 35.3 Å². The summed E-state index contributed by atoms with van der Waals surface area (Å²) < 4.78 is 28.6. The van der Waals surface area contributed by atoms with E-state index in [1.807, 2.05) is 112 Å². The van der Waals surface area contributed by atoms with Gasteiger partial charge in [-0.25, -0.2) is 19.9 Å². The Morgan fingerprint density at radius 1 is 0.648 bits per heavy atom. The number of halogens is 1. The van der Waals surface area contributed by atoms with Crippen LogP contribution in [0.2, 0.25) is 0 Å². The van der Waals surface area contributed by atoms with Crippen molar-refractivity contribution in [2.75, 3.05) is 98.2 Å². The highest BCUT2D eigenvalue weighted by Gasteiger charge is 2.23. The van der Waals surface area contributed by atoms with Crippen LogP contribution >= 0.6 is 0 Å². The number of nitrogens with one attached hydrogen (secondary N) is 3. The molecule has 0 aliphatic heterocycles. The number of hydrogen-bond donors (Lipinski definition) is 3. The van der Waals surface area contributed by atoms with Crippen LogP contribution in [-0.4, -0.2) is 131 Å². The first kappa shape index (κ1) is 52.1. The number of nitro groups is 2. The van der Waals surface area contributed by atoms with Crippen molar-refractivity contribution >= 4 is 62.1 Å². The SMILES string of the molecule is CNCCN(C)C.COc1cc(F)c([N+](=O)[O-])cc1Nc1nccc(-c2cn(C)c3ccccc23)n1.COc1cc(N(C)CCN(C)C)c([N+](=O)[O-])cc1Nc1nccc(-c2cn(C)c3ccccc23)n1. The molecule has 21 heteroatoms. The van der Waals surface area contributed by atoms with E-state index in [-0.39, 0.29) is 28.0 Å². The summed E-state index contributed by atoms with van der Waals surface area (Å²) in [5.41, 5.74) is 5.86. The first-order valence-electron chi connectivity index (χ1n) is 22.4. The molecule has 4 aromatic carbocycles. The molecule has 0 aliphatic carbocycles. The minimum Gasteiger partial charge on any atom is -0.494 e. The molecule has 372 valence electrons. The average molecular weight is 971 g/mol. The third kappa shape index (κ3) is 12.9. The number of anilines is 5. The number of hydrogen-bond acceptors (Lipinski definition) is 16. The maximum atomic E-state index is 13.9. The number of nitrogens with zero attached hydrogens (tertiary/aromatic N) is 11. The number of fused-ring (bicyclic) bond motifs is 2. The van der Waals surface area contributed by atoms with Gasteiger partial charge in [-0.1, -0.05) is 36.4 Å². The Hall–Kier alpha value is -8.27. The minimum atomic E-state index is -0.983. The van der Waals surface area contributed by atoms with Crippen molar-refractivity contribution < 1.29 is 23.7 Å². The summed E-state index contributed by atoms with van der Waals surface area (Å²) in [7, 11) is 18.7. The molecule has 8 rings (SSSR count). The summed E-state index contributed by atoms with van der Waals surface area (Å²) in [6.07, 6.45) is 7.24. The summed E-state index contributed by atoms with van der Waals surface area (Å²) in [6, 6.07) is 24.8. The topological polar surface area (TPSA) is 212 Å². The fourth-order valence-electron chi connectivity index (χ4n) is 7.50. The van der Waals surface area contributed by atoms with Crippen LogP contribution in [0.3, 0.4) is 0 Å². The van der Waals surface area contributed by atoms with Crippen LogP contribution in [0.25, 0.3) is 44.3 Å². The Morgan fingerprint density at radius 2 is 1.11 bits per heavy atom. The summed E-state index contributed by atoms with van der Waals surface area (Å²) in [5, 5.41) is 34.1. The molecule has 4 aromatic heterocycles. The average Bonchev–Trinajstić information content (AvgIpc) is 3.89. The van der Waals surface area contributed by atoms with Crippen molar-refractivity contribution in [2.45, 2.75) is 0 Å². The molecule has 3 N–H and O–H groups in total. The van der Waals surface area contributed by atoms with E-state index in [1.165, 1.54) is 20.3 Å². The van der Waals surface area contributed by atoms with Gasteiger partial charge in [-0.3, -0.25) is 20.2 Å². The minimum absolute atomic E-state index is 0.0280. The van der Waals surface area contributed by atoms with Gasteiger partial charge in [0.1, 0.15) is 17.2 Å². The lowest BCUT2D eigenvalue weighted by Gasteiger charge is -2.22. The van der Waals surface area contributed by atoms with Gasteiger partial charge in [0.15, 0.2) is 0 Å². The number of methoxy groups -OCH3 is 2. The van der Waals surface area contributed by atoms with Gasteiger partial charge < -0.3 is 49.3 Å². The quantitative estimate of drug-likeness (QED) is 0.0577. The summed E-state index contributed by atoms with van der Waals surface area (Å²) in [6.45, 7) is 3.58. The second kappa shape index (κ2) is 23.8. The van der Waals surface area contributed by atoms with E-state index in [0.717, 1.165) is 70.4 Å². The predicted molar refractivity (Wildman–Crippen MR) is 278 cm³/mol. The molecule has 8 aromatic rings. The lowest BCUT2D eigenvalue weighted by molar-refractivity contribution is -0.387. The molecule has 0 saturated heterocycles. The molecule has 0 atom stereocenters. The van der Waals surface area contributed by atoms with Crippen LogP contribution in [0.5, 0.6) is 11.5 Å². The van der Waals surface area contributed by atoms with Crippen LogP contribution in [0.15, 0.2) is 110 Å². The van der Waals surface area contributed by atoms with Gasteiger partial charge in [0.25, 0.3) is 5.69 Å². The molecule has 0 amide bonds. The molecular weight excluding hydrogens is 912 g/mol. The van der Waals surface area contributed by atoms with E-state index in [9.17, 15) is 24.6 Å². The maximum Gasteiger partial charge on any atom is 0.307 e. The Labute approximate surface area is 411 Å². The second-order valence-electron chi connectivity index (χ2n) is 16.8. The zero-order valence-corrected chi connectivity index (χ0v) is 41.5. The van der Waals surface area contributed by atoms with Crippen molar-refractivity contribution in [3.63, 3.8) is 0 Å². The van der Waals surface area contributed by atoms with Gasteiger partial charge in [0.05, 0.1) is 46.8 Å². The summed E-state index contributed by atoms with van der Waals surface area (Å²) in [5.74, 6) is 0.0999. The molecule has 0 unspecified atom stereocenters. The number of ether oxygens (including phenoxy) is 2. The lowest BCUT2D eigenvalue weighted by Crippen LogP contribution is -2.28. The Kier molecular flexibility index (Phi) is 17.5. The normalized spacial score (nSPS) is 10.9. The van der Waals surface area contributed by atoms with Crippen LogP contribution in [0, 0.1) is 26.0 Å². The van der Waals surface area contributed by atoms with E-state index < -0.39 is 16.4 Å². The molecule has 0 radical (unpaired) electrons. The van der Waals surface area contributed by atoms with Crippen molar-refractivity contribution in [3.05, 3.63) is 136 Å². The highest BCUT2D eigenvalue weighted by atomic mass is 19.1. The Balaban J connectivity index is 0.000000208. The van der Waals surface area contributed by atoms with E-state index >= 15 is 0 Å². The number of para-hydroxylation sites is 2. The zero-order chi connectivity index (χ0) is 51.4. The van der Waals surface area contributed by atoms with Crippen molar-refractivity contribution in [2.24, 2.45) is 14.1 Å². The van der Waals surface area contributed by atoms with E-state index in [2.05, 4.69) is 71.6 Å². The van der Waals surface area contributed by atoms with Crippen LogP contribution in [0.1, 0.15) is 0 Å². The summed E-state index contributed by atoms with van der Waals surface area (Å²) >= 11 is 0. The summed E-state index contributed by atoms with van der Waals surface area (Å²) in [4.78, 5) is 45.5. The highest BCUT2D eigenvalue weighted by Crippen LogP contribution is 2.40. The molecule has 0 saturated carbocycles. The Morgan fingerprint density at radius 3 is 1.55 bits per heavy atom. The molecular formula is C50H59FN14O6. The number of benzene rings is 4. The van der Waals surface area contributed by atoms with Gasteiger partial charge in [0.2, 0.25) is 17.7 Å². The van der Waals surface area contributed by atoms with Crippen LogP contribution in [-0.2, 0) is 14.1 Å². The van der Waals surface area contributed by atoms with Crippen LogP contribution in [0.4, 0.5) is 44.7 Å². The van der Waals surface area contributed by atoms with Crippen LogP contribution < -0.4 is 30.3 Å². The third-order valence-electron chi connectivity index (χ3n) is 11.2. The second-order valence-corrected chi connectivity index (χ2v) is 16.8. The third-order valence-corrected chi connectivity index (χ3v) is 11.2. The molecule has 20 nitrogen and oxygen atoms in total. The lowest BCUT2D eigenvalue weighted by atomic mass is 10.1. The molecule has 0 aliphatic rings. The first-order valence-corrected chi connectivity index (χ1v) is 22.4. The van der Waals surface area contributed by atoms with Crippen molar-refractivity contribution in [1.82, 2.24) is 44.2 Å². The highest BCUT2D eigenvalue weighted by molar-refractivity contribution is 5.96. The van der Waals surface area contributed by atoms with Gasteiger partial charge in [-0.2, -0.15) is 4.39 Å². The number of aromatic nitrogens is 6. The molecule has 0 fully saturated rings. The fourth-order valence-corrected chi connectivity index (χ4v) is 7.50. The van der Waals surface area contributed by atoms with Gasteiger partial charge >= 0.3 is 5.69 Å². The molecule has 0 bridgehead atoms. The zero-order valence-electron chi connectivity index (χ0n) is 41.5. The number of nitro benzene ring substituents is 2. The molecule has 71 heavy (non-hydrogen) atoms. The van der Waals surface area contributed by atoms with Gasteiger partial charge in [-0.15, -0.1) is 0 Å². The maximum absolute atomic E-state index is 13.9. The first-order chi connectivity index (χ1) is 34.0. The smallest absolute Gasteiger partial charge is 0.307 e. The van der Waals surface area contributed by atoms with E-state index in [4.69, 9.17) is 9.47 Å². The number of likely N-dealkylation sites (N-methyl/N-ethyl adjacent to an activating group) is 4. The fraction of sp³-hybridized carbons (Fsp3) is 0.280. The van der Waals surface area contributed by atoms with Gasteiger partial charge in [0, 0.05) is 129 Å². The molecule has 0 spiro atoms. The predicted octanol–water partition coefficient (Wildman–Crippen LogP) is 8.50. The standard InChI is InChI=1S/C25H29N7O3.C20H16FN5O3.C5H14N2/c1-29(2)12-13-30(3)22-15-24(35-5)20(14-23(22)32(33)34)28-25-26-11-10-19(27-25)18-16-31(4)21-9-7-6-8-17(18)21;1-25-11-13(12-5-3-4-6-17(12)25)15-7-8-22-20(23-15)24-16-10-18(26(27)28)14(21)9-19(16)29-2;1-6-4-5-7(2)3/h6-11,14-16H,12-13H2,1-5H3,(H,26,27,28);3-11H,1-2H3,(H,22,23,24);6H,4-5H2,1-3H3. The number of aryl methyl sites for hydroxylation is 2. The van der Waals surface area contributed by atoms with Crippen molar-refractivity contribution in [1.29, 1.82) is 0 Å². The van der Waals surface area contributed by atoms with Crippen molar-refractivity contribution in [3.8, 4) is 34.0 Å². The van der Waals surface area contributed by atoms with E-state index in [1.54, 1.807) is 24.5 Å².